The van der Waals surface area contributed by atoms with Crippen LogP contribution < -0.4 is 5.43 Å². The van der Waals surface area contributed by atoms with Crippen molar-refractivity contribution in [3.63, 3.8) is 0 Å². The van der Waals surface area contributed by atoms with Gasteiger partial charge in [-0.25, -0.2) is 0 Å². The Kier molecular flexibility index (Phi) is 5.13. The van der Waals surface area contributed by atoms with Gasteiger partial charge < -0.3 is 24.6 Å². The van der Waals surface area contributed by atoms with Crippen LogP contribution in [0.5, 0.6) is 11.5 Å². The van der Waals surface area contributed by atoms with Crippen LogP contribution in [0.3, 0.4) is 0 Å². The van der Waals surface area contributed by atoms with Gasteiger partial charge in [0.05, 0.1) is 6.10 Å². The number of aliphatic hydroxyl groups is 1. The maximum Gasteiger partial charge on any atom is 0.197 e. The van der Waals surface area contributed by atoms with Crippen molar-refractivity contribution >= 4 is 23.1 Å². The molecule has 0 bridgehead atoms. The van der Waals surface area contributed by atoms with E-state index in [-0.39, 0.29) is 22.5 Å². The Hall–Kier alpha value is -3.09. The van der Waals surface area contributed by atoms with Gasteiger partial charge in [-0.1, -0.05) is 36.4 Å². The molecular formula is C23H23NO5. The lowest BCUT2D eigenvalue weighted by Gasteiger charge is -2.34. The van der Waals surface area contributed by atoms with E-state index >= 15 is 0 Å². The molecule has 0 amide bonds. The molecule has 2 unspecified atom stereocenters. The van der Waals surface area contributed by atoms with Crippen LogP contribution in [-0.2, 0) is 0 Å². The Morgan fingerprint density at radius 2 is 1.86 bits per heavy atom. The predicted octanol–water partition coefficient (Wildman–Crippen LogP) is 3.15. The average Bonchev–Trinajstić information content (AvgIpc) is 2.68. The van der Waals surface area contributed by atoms with E-state index in [0.29, 0.717) is 24.3 Å². The highest BCUT2D eigenvalue weighted by molar-refractivity contribution is 5.89. The first-order valence-electron chi connectivity index (χ1n) is 9.56. The quantitative estimate of drug-likeness (QED) is 0.633. The summed E-state index contributed by atoms with van der Waals surface area (Å²) in [5.41, 5.74) is 1.03. The minimum atomic E-state index is -0.721. The van der Waals surface area contributed by atoms with Crippen molar-refractivity contribution < 1.29 is 19.7 Å². The molecule has 6 heteroatoms. The van der Waals surface area contributed by atoms with Crippen LogP contribution in [0.15, 0.2) is 51.7 Å². The van der Waals surface area contributed by atoms with Crippen molar-refractivity contribution in [3.05, 3.63) is 69.6 Å². The molecular weight excluding hydrogens is 370 g/mol. The third-order valence-corrected chi connectivity index (χ3v) is 5.41. The van der Waals surface area contributed by atoms with Crippen LogP contribution in [0.4, 0.5) is 0 Å². The van der Waals surface area contributed by atoms with Crippen LogP contribution >= 0.6 is 0 Å². The molecule has 2 aromatic carbocycles. The summed E-state index contributed by atoms with van der Waals surface area (Å²) in [7, 11) is 1.92. The van der Waals surface area contributed by atoms with E-state index in [9.17, 15) is 20.1 Å². The molecule has 1 saturated heterocycles. The maximum absolute atomic E-state index is 12.7. The van der Waals surface area contributed by atoms with E-state index in [4.69, 9.17) is 4.42 Å². The van der Waals surface area contributed by atoms with Crippen molar-refractivity contribution in [2.45, 2.75) is 18.4 Å². The van der Waals surface area contributed by atoms with Crippen molar-refractivity contribution in [3.8, 4) is 11.5 Å². The van der Waals surface area contributed by atoms with E-state index in [0.717, 1.165) is 18.2 Å². The molecule has 0 radical (unpaired) electrons. The number of fused-ring (bicyclic) bond motifs is 1. The van der Waals surface area contributed by atoms with Gasteiger partial charge in [-0.05, 0) is 31.7 Å². The Morgan fingerprint density at radius 1 is 1.10 bits per heavy atom. The number of aliphatic hydroxyl groups excluding tert-OH is 1. The summed E-state index contributed by atoms with van der Waals surface area (Å²) < 4.78 is 5.95. The summed E-state index contributed by atoms with van der Waals surface area (Å²) in [6.45, 7) is 1.19. The number of hydrogen-bond acceptors (Lipinski definition) is 6. The molecule has 150 valence electrons. The van der Waals surface area contributed by atoms with Crippen LogP contribution in [0.25, 0.3) is 23.1 Å². The Labute approximate surface area is 168 Å². The molecule has 3 aromatic rings. The predicted molar refractivity (Wildman–Crippen MR) is 112 cm³/mol. The first kappa shape index (κ1) is 19.2. The lowest BCUT2D eigenvalue weighted by molar-refractivity contribution is 0.0630. The fourth-order valence-corrected chi connectivity index (χ4v) is 3.95. The number of likely N-dealkylation sites (N-methyl/N-ethyl adjacent to an activating group) is 1. The molecule has 1 aliphatic heterocycles. The lowest BCUT2D eigenvalue weighted by Crippen LogP contribution is -2.40. The number of phenols is 2. The highest BCUT2D eigenvalue weighted by Crippen LogP contribution is 2.41. The topological polar surface area (TPSA) is 94.1 Å². The number of β-amino-alcohol motifs (C(OH)–C–C–N with tert-alkyl or cyclic N) is 1. The fraction of sp³-hybridized carbons (Fsp3) is 0.261. The molecule has 3 N–H and O–H groups in total. The summed E-state index contributed by atoms with van der Waals surface area (Å²) >= 11 is 0. The minimum Gasteiger partial charge on any atom is -0.507 e. The molecule has 1 aromatic heterocycles. The van der Waals surface area contributed by atoms with Crippen molar-refractivity contribution in [1.82, 2.24) is 4.90 Å². The van der Waals surface area contributed by atoms with E-state index < -0.39 is 17.5 Å². The van der Waals surface area contributed by atoms with E-state index in [1.165, 1.54) is 6.07 Å². The molecule has 2 atom stereocenters. The zero-order valence-electron chi connectivity index (χ0n) is 16.1. The van der Waals surface area contributed by atoms with E-state index in [1.807, 2.05) is 48.4 Å². The molecule has 0 aliphatic carbocycles. The van der Waals surface area contributed by atoms with Crippen molar-refractivity contribution in [1.29, 1.82) is 0 Å². The first-order chi connectivity index (χ1) is 13.9. The molecule has 0 spiro atoms. The second-order valence-corrected chi connectivity index (χ2v) is 7.51. The smallest absolute Gasteiger partial charge is 0.197 e. The Morgan fingerprint density at radius 3 is 2.59 bits per heavy atom. The van der Waals surface area contributed by atoms with Gasteiger partial charge in [0, 0.05) is 30.2 Å². The molecule has 2 heterocycles. The molecule has 4 rings (SSSR count). The number of benzene rings is 2. The van der Waals surface area contributed by atoms with Gasteiger partial charge >= 0.3 is 0 Å². The standard InChI is InChI=1S/C23H23NO5/c1-24-10-9-16(20(28)13-24)21-18(26)12-19(27)22-17(25)11-15(29-23(21)22)8-7-14-5-3-2-4-6-14/h2-8,11-12,16,20,26-28H,9-10,13H2,1H3. The molecule has 1 aliphatic rings. The number of nitrogens with zero attached hydrogens (tertiary/aromatic N) is 1. The average molecular weight is 393 g/mol. The van der Waals surface area contributed by atoms with Crippen LogP contribution in [0.1, 0.15) is 29.2 Å². The Balaban J connectivity index is 1.86. The van der Waals surface area contributed by atoms with Gasteiger partial charge in [-0.3, -0.25) is 4.79 Å². The number of aromatic hydroxyl groups is 2. The zero-order chi connectivity index (χ0) is 20.5. The second kappa shape index (κ2) is 7.73. The van der Waals surface area contributed by atoms with Crippen LogP contribution in [0, 0.1) is 0 Å². The number of rotatable bonds is 3. The van der Waals surface area contributed by atoms with Crippen molar-refractivity contribution in [2.24, 2.45) is 0 Å². The molecule has 0 saturated carbocycles. The number of piperidine rings is 1. The summed E-state index contributed by atoms with van der Waals surface area (Å²) in [5, 5.41) is 31.4. The lowest BCUT2D eigenvalue weighted by atomic mass is 9.85. The third kappa shape index (κ3) is 3.77. The summed E-state index contributed by atoms with van der Waals surface area (Å²) in [5.74, 6) is -0.613. The van der Waals surface area contributed by atoms with Crippen molar-refractivity contribution in [2.75, 3.05) is 20.1 Å². The SMILES string of the molecule is CN1CCC(c2c(O)cc(O)c3c(=O)cc(C=Cc4ccccc4)oc23)C(O)C1. The van der Waals surface area contributed by atoms with Gasteiger partial charge in [0.2, 0.25) is 0 Å². The van der Waals surface area contributed by atoms with Gasteiger partial charge in [0.25, 0.3) is 0 Å². The minimum absolute atomic E-state index is 0.0146. The normalized spacial score (nSPS) is 20.5. The van der Waals surface area contributed by atoms with Gasteiger partial charge in [-0.2, -0.15) is 0 Å². The summed E-state index contributed by atoms with van der Waals surface area (Å²) in [4.78, 5) is 14.7. The number of phenolic OH excluding ortho intramolecular Hbond substituents is 2. The molecule has 29 heavy (non-hydrogen) atoms. The second-order valence-electron chi connectivity index (χ2n) is 7.51. The van der Waals surface area contributed by atoms with Crippen LogP contribution in [0.2, 0.25) is 0 Å². The first-order valence-corrected chi connectivity index (χ1v) is 9.56. The summed E-state index contributed by atoms with van der Waals surface area (Å²) in [6, 6.07) is 12.0. The molecule has 1 fully saturated rings. The summed E-state index contributed by atoms with van der Waals surface area (Å²) in [6.07, 6.45) is 3.36. The van der Waals surface area contributed by atoms with E-state index in [2.05, 4.69) is 0 Å². The molecule has 6 nitrogen and oxygen atoms in total. The van der Waals surface area contributed by atoms with Gasteiger partial charge in [-0.15, -0.1) is 0 Å². The Bertz CT molecular complexity index is 1120. The largest absolute Gasteiger partial charge is 0.507 e. The monoisotopic (exact) mass is 393 g/mol. The number of likely N-dealkylation sites (tertiary alicyclic amines) is 1. The highest BCUT2D eigenvalue weighted by atomic mass is 16.3. The van der Waals surface area contributed by atoms with Gasteiger partial charge in [0.15, 0.2) is 5.43 Å². The highest BCUT2D eigenvalue weighted by Gasteiger charge is 2.32. The van der Waals surface area contributed by atoms with Crippen LogP contribution in [-0.4, -0.2) is 46.5 Å². The number of hydrogen-bond donors (Lipinski definition) is 3. The third-order valence-electron chi connectivity index (χ3n) is 5.41. The van der Waals surface area contributed by atoms with E-state index in [1.54, 1.807) is 6.08 Å². The van der Waals surface area contributed by atoms with Gasteiger partial charge in [0.1, 0.15) is 28.2 Å². The fourth-order valence-electron chi connectivity index (χ4n) is 3.95. The zero-order valence-corrected chi connectivity index (χ0v) is 16.1. The maximum atomic E-state index is 12.7.